The molecule has 146 valence electrons. The summed E-state index contributed by atoms with van der Waals surface area (Å²) in [5.74, 6) is -0.220. The van der Waals surface area contributed by atoms with Gasteiger partial charge in [-0.1, -0.05) is 42.6 Å². The summed E-state index contributed by atoms with van der Waals surface area (Å²) in [5, 5.41) is 8.41. The first-order valence-corrected chi connectivity index (χ1v) is 8.92. The van der Waals surface area contributed by atoms with E-state index in [2.05, 4.69) is 33.6 Å². The topological polar surface area (TPSA) is 64.2 Å². The van der Waals surface area contributed by atoms with Crippen molar-refractivity contribution in [3.05, 3.63) is 104 Å². The maximum absolute atomic E-state index is 12.8. The Morgan fingerprint density at radius 3 is 2.73 bits per heavy atom. The molecule has 5 rings (SSSR count). The summed E-state index contributed by atoms with van der Waals surface area (Å²) in [5.41, 5.74) is 4.01. The Hall–Kier alpha value is -2.88. The average Bonchev–Trinajstić information content (AvgIpc) is 3.34. The summed E-state index contributed by atoms with van der Waals surface area (Å²) in [6.45, 7) is 0.672. The Bertz CT molecular complexity index is 1290. The van der Waals surface area contributed by atoms with Gasteiger partial charge in [-0.05, 0) is 17.7 Å². The molecule has 0 saturated heterocycles. The van der Waals surface area contributed by atoms with Crippen LogP contribution in [0.1, 0.15) is 16.1 Å². The SMILES string of the molecule is O=C(Nc1cccc2c1cnn2Cc1ccccc1)c1cnc2c[c-]ccn12.[CH3-].[U+2]. The van der Waals surface area contributed by atoms with Crippen LogP contribution in [0.5, 0.6) is 0 Å². The van der Waals surface area contributed by atoms with E-state index in [0.29, 0.717) is 17.9 Å². The Labute approximate surface area is 198 Å². The minimum absolute atomic E-state index is 0. The van der Waals surface area contributed by atoms with Gasteiger partial charge in [-0.2, -0.15) is 17.2 Å². The predicted octanol–water partition coefficient (Wildman–Crippen LogP) is 4.24. The van der Waals surface area contributed by atoms with Gasteiger partial charge in [0.15, 0.2) is 0 Å². The number of hydrogen-bond acceptors (Lipinski definition) is 3. The standard InChI is InChI=1S/C22H16N5O.CH3.U/c28-22(20-14-23-21-11-4-5-12-26(20)21)25-18-9-6-10-19-17(18)13-24-27(19)15-16-7-2-1-3-8-16;;/h1-3,5-14H,15H2,(H,25,28);1H3;/q2*-1;+2. The van der Waals surface area contributed by atoms with Crippen molar-refractivity contribution in [1.82, 2.24) is 19.2 Å². The number of rotatable bonds is 4. The fourth-order valence-corrected chi connectivity index (χ4v) is 3.33. The summed E-state index contributed by atoms with van der Waals surface area (Å²) >= 11 is 0. The van der Waals surface area contributed by atoms with Crippen LogP contribution in [0.25, 0.3) is 16.6 Å². The second kappa shape index (κ2) is 9.29. The molecule has 3 heterocycles. The van der Waals surface area contributed by atoms with E-state index in [9.17, 15) is 4.79 Å². The van der Waals surface area contributed by atoms with Gasteiger partial charge in [0, 0.05) is 17.2 Å². The molecule has 0 bridgehead atoms. The number of aromatic nitrogens is 4. The third-order valence-corrected chi connectivity index (χ3v) is 4.70. The molecule has 3 aromatic heterocycles. The van der Waals surface area contributed by atoms with Crippen LogP contribution in [0.15, 0.2) is 79.3 Å². The summed E-state index contributed by atoms with van der Waals surface area (Å²) in [7, 11) is 0. The van der Waals surface area contributed by atoms with Crippen LogP contribution < -0.4 is 5.32 Å². The molecule has 0 spiro atoms. The molecule has 0 aliphatic carbocycles. The third kappa shape index (κ3) is 4.04. The smallest absolute Gasteiger partial charge is 0.404 e. The number of carbonyl (C=O) groups is 1. The van der Waals surface area contributed by atoms with E-state index in [4.69, 9.17) is 0 Å². The number of hydrogen-bond donors (Lipinski definition) is 1. The number of nitrogens with one attached hydrogen (secondary N) is 1. The van der Waals surface area contributed by atoms with Crippen LogP contribution in [0.3, 0.4) is 0 Å². The minimum Gasteiger partial charge on any atom is -0.404 e. The average molecular weight is 619 g/mol. The van der Waals surface area contributed by atoms with Crippen molar-refractivity contribution in [2.45, 2.75) is 6.54 Å². The molecule has 0 aliphatic rings. The van der Waals surface area contributed by atoms with Gasteiger partial charge in [-0.15, -0.1) is 6.07 Å². The predicted molar refractivity (Wildman–Crippen MR) is 114 cm³/mol. The second-order valence-corrected chi connectivity index (χ2v) is 6.48. The van der Waals surface area contributed by atoms with E-state index in [1.165, 1.54) is 5.56 Å². The first kappa shape index (κ1) is 21.8. The number of pyridine rings is 1. The quantitative estimate of drug-likeness (QED) is 0.307. The van der Waals surface area contributed by atoms with Gasteiger partial charge in [0.05, 0.1) is 23.9 Å². The zero-order chi connectivity index (χ0) is 18.9. The first-order valence-electron chi connectivity index (χ1n) is 8.92. The largest absolute Gasteiger partial charge is 2.00 e. The van der Waals surface area contributed by atoms with Crippen molar-refractivity contribution in [3.63, 3.8) is 0 Å². The maximum Gasteiger partial charge on any atom is 2.00 e. The zero-order valence-electron chi connectivity index (χ0n) is 16.4. The van der Waals surface area contributed by atoms with Gasteiger partial charge in [0.1, 0.15) is 5.69 Å². The van der Waals surface area contributed by atoms with Crippen molar-refractivity contribution in [2.75, 3.05) is 5.32 Å². The van der Waals surface area contributed by atoms with Gasteiger partial charge in [0.25, 0.3) is 5.91 Å². The van der Waals surface area contributed by atoms with Crippen molar-refractivity contribution < 1.29 is 35.9 Å². The van der Waals surface area contributed by atoms with Crippen LogP contribution in [0, 0.1) is 44.6 Å². The second-order valence-electron chi connectivity index (χ2n) is 6.48. The molecule has 2 aromatic carbocycles. The Balaban J connectivity index is 0.00000128. The van der Waals surface area contributed by atoms with Gasteiger partial charge < -0.3 is 22.1 Å². The molecule has 0 atom stereocenters. The molecule has 1 N–H and O–H groups in total. The monoisotopic (exact) mass is 619 g/mol. The number of benzene rings is 2. The van der Waals surface area contributed by atoms with Crippen molar-refractivity contribution in [2.24, 2.45) is 0 Å². The van der Waals surface area contributed by atoms with Gasteiger partial charge >= 0.3 is 31.1 Å². The number of fused-ring (bicyclic) bond motifs is 2. The van der Waals surface area contributed by atoms with Crippen molar-refractivity contribution in [1.29, 1.82) is 0 Å². The van der Waals surface area contributed by atoms with Crippen LogP contribution in [-0.4, -0.2) is 25.1 Å². The van der Waals surface area contributed by atoms with E-state index in [0.717, 1.165) is 16.6 Å². The van der Waals surface area contributed by atoms with E-state index in [1.54, 1.807) is 35.1 Å². The van der Waals surface area contributed by atoms with E-state index in [1.807, 2.05) is 41.1 Å². The Morgan fingerprint density at radius 1 is 1.07 bits per heavy atom. The number of amides is 1. The minimum atomic E-state index is -0.220. The molecule has 0 fully saturated rings. The Kier molecular flexibility index (Phi) is 6.76. The van der Waals surface area contributed by atoms with Gasteiger partial charge in [0.2, 0.25) is 0 Å². The number of imidazole rings is 1. The molecular formula is C23H19N5OU. The molecule has 0 aliphatic heterocycles. The van der Waals surface area contributed by atoms with Crippen LogP contribution in [0.4, 0.5) is 5.69 Å². The van der Waals surface area contributed by atoms with E-state index in [-0.39, 0.29) is 44.4 Å². The van der Waals surface area contributed by atoms with E-state index >= 15 is 0 Å². The maximum atomic E-state index is 12.8. The molecule has 7 heteroatoms. The van der Waals surface area contributed by atoms with Crippen LogP contribution in [0.2, 0.25) is 0 Å². The van der Waals surface area contributed by atoms with Gasteiger partial charge in [-0.3, -0.25) is 9.48 Å². The molecule has 1 amide bonds. The summed E-state index contributed by atoms with van der Waals surface area (Å²) < 4.78 is 3.68. The van der Waals surface area contributed by atoms with Crippen molar-refractivity contribution >= 4 is 28.1 Å². The summed E-state index contributed by atoms with van der Waals surface area (Å²) in [4.78, 5) is 17.1. The molecule has 0 saturated carbocycles. The number of anilines is 1. The van der Waals surface area contributed by atoms with Crippen LogP contribution in [-0.2, 0) is 6.54 Å². The normalized spacial score (nSPS) is 10.4. The van der Waals surface area contributed by atoms with E-state index < -0.39 is 0 Å². The van der Waals surface area contributed by atoms with Gasteiger partial charge in [-0.25, -0.2) is 0 Å². The first-order chi connectivity index (χ1) is 13.8. The summed E-state index contributed by atoms with van der Waals surface area (Å²) in [6.07, 6.45) is 5.13. The molecular weight excluding hydrogens is 600 g/mol. The number of nitrogens with zero attached hydrogens (tertiary/aromatic N) is 4. The summed E-state index contributed by atoms with van der Waals surface area (Å²) in [6, 6.07) is 22.4. The number of carbonyl (C=O) groups excluding carboxylic acids is 1. The molecule has 5 aromatic rings. The molecule has 30 heavy (non-hydrogen) atoms. The molecule has 0 radical (unpaired) electrons. The Morgan fingerprint density at radius 2 is 1.90 bits per heavy atom. The third-order valence-electron chi connectivity index (χ3n) is 4.70. The van der Waals surface area contributed by atoms with Crippen molar-refractivity contribution in [3.8, 4) is 0 Å². The fraction of sp³-hybridized carbons (Fsp3) is 0.0435. The fourth-order valence-electron chi connectivity index (χ4n) is 3.33. The zero-order valence-corrected chi connectivity index (χ0v) is 20.6. The molecule has 0 unspecified atom stereocenters. The molecule has 6 nitrogen and oxygen atoms in total. The van der Waals surface area contributed by atoms with Crippen LogP contribution >= 0.6 is 0 Å².